The van der Waals surface area contributed by atoms with E-state index in [0.29, 0.717) is 13.1 Å². The molecule has 1 fully saturated rings. The number of anilines is 1. The van der Waals surface area contributed by atoms with Gasteiger partial charge in [-0.1, -0.05) is 13.8 Å². The number of nitrogen functional groups attached to an aromatic ring is 1. The van der Waals surface area contributed by atoms with Crippen LogP contribution in [0.1, 0.15) is 37.2 Å². The molecule has 1 aliphatic rings. The number of hydrogen-bond donors (Lipinski definition) is 2. The second-order valence-electron chi connectivity index (χ2n) is 5.23. The first-order chi connectivity index (χ1) is 9.49. The van der Waals surface area contributed by atoms with Crippen LogP contribution in [0.2, 0.25) is 0 Å². The van der Waals surface area contributed by atoms with Crippen molar-refractivity contribution in [3.05, 3.63) is 5.69 Å². The van der Waals surface area contributed by atoms with Crippen molar-refractivity contribution in [2.24, 2.45) is 5.92 Å². The first kappa shape index (κ1) is 14.3. The third-order valence-electron chi connectivity index (χ3n) is 3.37. The molecule has 3 N–H and O–H groups in total. The quantitative estimate of drug-likeness (QED) is 0.807. The van der Waals surface area contributed by atoms with E-state index < -0.39 is 0 Å². The Morgan fingerprint density at radius 2 is 2.00 bits per heavy atom. The molecule has 8 nitrogen and oxygen atoms in total. The third kappa shape index (κ3) is 3.06. The fourth-order valence-corrected chi connectivity index (χ4v) is 2.09. The molecule has 0 radical (unpaired) electrons. The van der Waals surface area contributed by atoms with Gasteiger partial charge in [-0.25, -0.2) is 4.63 Å². The van der Waals surface area contributed by atoms with Crippen molar-refractivity contribution in [3.63, 3.8) is 0 Å². The van der Waals surface area contributed by atoms with Gasteiger partial charge in [-0.2, -0.15) is 0 Å². The summed E-state index contributed by atoms with van der Waals surface area (Å²) in [6.45, 7) is 4.81. The average molecular weight is 281 g/mol. The molecule has 1 aromatic rings. The number of carbonyl (C=O) groups is 2. The maximum atomic E-state index is 12.1. The number of piperidine rings is 1. The average Bonchev–Trinajstić information content (AvgIpc) is 2.85. The number of rotatable bonds is 3. The Balaban J connectivity index is 1.87. The normalized spacial score (nSPS) is 16.4. The van der Waals surface area contributed by atoms with Crippen LogP contribution in [0.4, 0.5) is 5.82 Å². The number of nitrogens with one attached hydrogen (secondary N) is 1. The van der Waals surface area contributed by atoms with Gasteiger partial charge in [-0.3, -0.25) is 9.59 Å². The zero-order valence-corrected chi connectivity index (χ0v) is 11.6. The molecular formula is C12H19N5O3. The van der Waals surface area contributed by atoms with Crippen molar-refractivity contribution < 1.29 is 14.2 Å². The fourth-order valence-electron chi connectivity index (χ4n) is 2.09. The third-order valence-corrected chi connectivity index (χ3v) is 3.37. The molecule has 2 heterocycles. The molecule has 0 saturated carbocycles. The lowest BCUT2D eigenvalue weighted by molar-refractivity contribution is -0.124. The Morgan fingerprint density at radius 3 is 2.50 bits per heavy atom. The van der Waals surface area contributed by atoms with Crippen molar-refractivity contribution in [2.75, 3.05) is 18.8 Å². The van der Waals surface area contributed by atoms with E-state index in [4.69, 9.17) is 5.73 Å². The van der Waals surface area contributed by atoms with Gasteiger partial charge < -0.3 is 16.0 Å². The number of likely N-dealkylation sites (tertiary alicyclic amines) is 1. The SMILES string of the molecule is CC(C)C(=O)NC1CCN(C(=O)c2nonc2N)CC1. The minimum atomic E-state index is -0.280. The van der Waals surface area contributed by atoms with Crippen LogP contribution in [-0.2, 0) is 4.79 Å². The predicted octanol–water partition coefficient (Wildman–Crippen LogP) is 0.0286. The Bertz CT molecular complexity index is 491. The first-order valence-corrected chi connectivity index (χ1v) is 6.66. The highest BCUT2D eigenvalue weighted by atomic mass is 16.6. The maximum absolute atomic E-state index is 12.1. The van der Waals surface area contributed by atoms with E-state index in [1.165, 1.54) is 0 Å². The van der Waals surface area contributed by atoms with Crippen LogP contribution in [0.5, 0.6) is 0 Å². The standard InChI is InChI=1S/C12H19N5O3/c1-7(2)11(18)14-8-3-5-17(6-4-8)12(19)9-10(13)16-20-15-9/h7-8H,3-6H2,1-2H3,(H2,13,16)(H,14,18). The number of nitrogens with two attached hydrogens (primary N) is 1. The summed E-state index contributed by atoms with van der Waals surface area (Å²) < 4.78 is 4.43. The molecule has 2 amide bonds. The van der Waals surface area contributed by atoms with E-state index in [2.05, 4.69) is 20.3 Å². The van der Waals surface area contributed by atoms with Crippen LogP contribution in [0.3, 0.4) is 0 Å². The van der Waals surface area contributed by atoms with E-state index in [1.54, 1.807) is 4.90 Å². The van der Waals surface area contributed by atoms with E-state index in [-0.39, 0.29) is 35.3 Å². The Morgan fingerprint density at radius 1 is 1.35 bits per heavy atom. The monoisotopic (exact) mass is 281 g/mol. The van der Waals surface area contributed by atoms with Gasteiger partial charge in [0.15, 0.2) is 0 Å². The van der Waals surface area contributed by atoms with Gasteiger partial charge in [0.05, 0.1) is 0 Å². The van der Waals surface area contributed by atoms with Crippen molar-refractivity contribution in [1.29, 1.82) is 0 Å². The zero-order chi connectivity index (χ0) is 14.7. The van der Waals surface area contributed by atoms with Crippen LogP contribution in [0.25, 0.3) is 0 Å². The van der Waals surface area contributed by atoms with Gasteiger partial charge in [0, 0.05) is 25.0 Å². The van der Waals surface area contributed by atoms with E-state index in [0.717, 1.165) is 12.8 Å². The zero-order valence-electron chi connectivity index (χ0n) is 11.6. The summed E-state index contributed by atoms with van der Waals surface area (Å²) >= 11 is 0. The molecule has 1 aromatic heterocycles. The molecule has 1 aliphatic heterocycles. The molecule has 2 rings (SSSR count). The van der Waals surface area contributed by atoms with E-state index >= 15 is 0 Å². The summed E-state index contributed by atoms with van der Waals surface area (Å²) in [5, 5.41) is 9.88. The molecule has 0 atom stereocenters. The lowest BCUT2D eigenvalue weighted by Gasteiger charge is -2.32. The summed E-state index contributed by atoms with van der Waals surface area (Å²) in [6.07, 6.45) is 1.44. The smallest absolute Gasteiger partial charge is 0.280 e. The van der Waals surface area contributed by atoms with Crippen LogP contribution in [-0.4, -0.2) is 46.2 Å². The van der Waals surface area contributed by atoms with Gasteiger partial charge in [0.25, 0.3) is 5.91 Å². The summed E-state index contributed by atoms with van der Waals surface area (Å²) in [7, 11) is 0. The summed E-state index contributed by atoms with van der Waals surface area (Å²) in [6, 6.07) is 0.113. The van der Waals surface area contributed by atoms with Gasteiger partial charge >= 0.3 is 0 Å². The lowest BCUT2D eigenvalue weighted by atomic mass is 10.0. The van der Waals surface area contributed by atoms with Crippen molar-refractivity contribution in [2.45, 2.75) is 32.7 Å². The highest BCUT2D eigenvalue weighted by Gasteiger charge is 2.28. The minimum absolute atomic E-state index is 0.00485. The first-order valence-electron chi connectivity index (χ1n) is 6.66. The van der Waals surface area contributed by atoms with Crippen molar-refractivity contribution in [1.82, 2.24) is 20.5 Å². The highest BCUT2D eigenvalue weighted by Crippen LogP contribution is 2.15. The molecule has 20 heavy (non-hydrogen) atoms. The molecule has 0 unspecified atom stereocenters. The molecule has 1 saturated heterocycles. The number of nitrogens with zero attached hydrogens (tertiary/aromatic N) is 3. The number of amides is 2. The second kappa shape index (κ2) is 5.89. The van der Waals surface area contributed by atoms with Gasteiger partial charge in [-0.05, 0) is 23.2 Å². The van der Waals surface area contributed by atoms with Gasteiger partial charge in [-0.15, -0.1) is 0 Å². The summed E-state index contributed by atoms with van der Waals surface area (Å²) in [5.41, 5.74) is 5.55. The number of carbonyl (C=O) groups excluding carboxylic acids is 2. The molecule has 8 heteroatoms. The Labute approximate surface area is 116 Å². The van der Waals surface area contributed by atoms with Gasteiger partial charge in [0.2, 0.25) is 17.4 Å². The summed E-state index contributed by atoms with van der Waals surface area (Å²) in [4.78, 5) is 25.4. The molecule has 0 aromatic carbocycles. The number of aromatic nitrogens is 2. The molecule has 110 valence electrons. The van der Waals surface area contributed by atoms with E-state index in [9.17, 15) is 9.59 Å². The van der Waals surface area contributed by atoms with Crippen molar-refractivity contribution >= 4 is 17.6 Å². The number of hydrogen-bond acceptors (Lipinski definition) is 6. The van der Waals surface area contributed by atoms with Crippen LogP contribution in [0, 0.1) is 5.92 Å². The molecule has 0 bridgehead atoms. The Hall–Kier alpha value is -2.12. The van der Waals surface area contributed by atoms with Crippen molar-refractivity contribution in [3.8, 4) is 0 Å². The lowest BCUT2D eigenvalue weighted by Crippen LogP contribution is -2.47. The maximum Gasteiger partial charge on any atom is 0.280 e. The van der Waals surface area contributed by atoms with Crippen LogP contribution < -0.4 is 11.1 Å². The predicted molar refractivity (Wildman–Crippen MR) is 70.6 cm³/mol. The molecule has 0 spiro atoms. The van der Waals surface area contributed by atoms with Crippen LogP contribution >= 0.6 is 0 Å². The second-order valence-corrected chi connectivity index (χ2v) is 5.23. The topological polar surface area (TPSA) is 114 Å². The highest BCUT2D eigenvalue weighted by molar-refractivity contribution is 5.96. The Kier molecular flexibility index (Phi) is 4.21. The fraction of sp³-hybridized carbons (Fsp3) is 0.667. The summed E-state index contributed by atoms with van der Waals surface area (Å²) in [5.74, 6) is -0.266. The minimum Gasteiger partial charge on any atom is -0.379 e. The van der Waals surface area contributed by atoms with Crippen LogP contribution in [0.15, 0.2) is 4.63 Å². The molecule has 0 aliphatic carbocycles. The largest absolute Gasteiger partial charge is 0.379 e. The van der Waals surface area contributed by atoms with E-state index in [1.807, 2.05) is 13.8 Å². The van der Waals surface area contributed by atoms with Gasteiger partial charge in [0.1, 0.15) is 0 Å². The molecular weight excluding hydrogens is 262 g/mol.